The fourth-order valence-electron chi connectivity index (χ4n) is 4.97. The van der Waals surface area contributed by atoms with Crippen LogP contribution in [0.1, 0.15) is 43.7 Å². The molecule has 2 N–H and O–H groups in total. The second-order valence-corrected chi connectivity index (χ2v) is 9.34. The number of fused-ring (bicyclic) bond motifs is 3. The number of carbonyl (C=O) groups is 3. The number of rotatable bonds is 9. The zero-order chi connectivity index (χ0) is 24.9. The molecule has 35 heavy (non-hydrogen) atoms. The Morgan fingerprint density at radius 1 is 1.06 bits per heavy atom. The van der Waals surface area contributed by atoms with Crippen LogP contribution in [0.4, 0.5) is 4.79 Å². The van der Waals surface area contributed by atoms with Crippen molar-refractivity contribution >= 4 is 18.0 Å². The monoisotopic (exact) mass is 480 g/mol. The van der Waals surface area contributed by atoms with Gasteiger partial charge in [-0.15, -0.1) is 0 Å². The highest BCUT2D eigenvalue weighted by Crippen LogP contribution is 2.44. The van der Waals surface area contributed by atoms with E-state index in [2.05, 4.69) is 29.6 Å². The SMILES string of the molecule is CC(C)N(CCCC(=O)O)C(=O)C1COCC1NC(=O)OCC1c2ccccc2-c2ccccc21. The van der Waals surface area contributed by atoms with Gasteiger partial charge in [0.15, 0.2) is 0 Å². The molecule has 8 heteroatoms. The Bertz CT molecular complexity index is 1040. The molecule has 0 bridgehead atoms. The number of carbonyl (C=O) groups excluding carboxylic acids is 2. The fraction of sp³-hybridized carbons (Fsp3) is 0.444. The molecule has 2 amide bonds. The second-order valence-electron chi connectivity index (χ2n) is 9.34. The summed E-state index contributed by atoms with van der Waals surface area (Å²) in [6.07, 6.45) is -0.210. The number of ether oxygens (including phenoxy) is 2. The van der Waals surface area contributed by atoms with Crippen LogP contribution in [-0.4, -0.2) is 66.4 Å². The second kappa shape index (κ2) is 10.9. The largest absolute Gasteiger partial charge is 0.481 e. The maximum absolute atomic E-state index is 13.2. The maximum Gasteiger partial charge on any atom is 0.407 e. The Labute approximate surface area is 205 Å². The van der Waals surface area contributed by atoms with Gasteiger partial charge >= 0.3 is 12.1 Å². The molecular formula is C27H32N2O6. The predicted octanol–water partition coefficient (Wildman–Crippen LogP) is 3.64. The zero-order valence-corrected chi connectivity index (χ0v) is 20.1. The molecule has 2 aliphatic rings. The summed E-state index contributed by atoms with van der Waals surface area (Å²) in [6.45, 7) is 4.75. The number of carboxylic acid groups (broad SMARTS) is 1. The first-order chi connectivity index (χ1) is 16.9. The summed E-state index contributed by atoms with van der Waals surface area (Å²) in [7, 11) is 0. The quantitative estimate of drug-likeness (QED) is 0.568. The summed E-state index contributed by atoms with van der Waals surface area (Å²) in [6, 6.07) is 15.7. The fourth-order valence-corrected chi connectivity index (χ4v) is 4.97. The molecule has 0 saturated carbocycles. The zero-order valence-electron chi connectivity index (χ0n) is 20.1. The van der Waals surface area contributed by atoms with Crippen molar-refractivity contribution in [2.24, 2.45) is 5.92 Å². The van der Waals surface area contributed by atoms with Gasteiger partial charge < -0.3 is 24.8 Å². The highest BCUT2D eigenvalue weighted by Gasteiger charge is 2.39. The highest BCUT2D eigenvalue weighted by atomic mass is 16.5. The number of carboxylic acids is 1. The third kappa shape index (κ3) is 5.48. The van der Waals surface area contributed by atoms with Gasteiger partial charge in [-0.2, -0.15) is 0 Å². The van der Waals surface area contributed by atoms with Crippen molar-refractivity contribution in [3.8, 4) is 11.1 Å². The van der Waals surface area contributed by atoms with Crippen molar-refractivity contribution < 1.29 is 29.0 Å². The molecule has 1 aliphatic heterocycles. The van der Waals surface area contributed by atoms with E-state index in [1.165, 1.54) is 0 Å². The first-order valence-electron chi connectivity index (χ1n) is 12.1. The molecule has 2 unspecified atom stereocenters. The van der Waals surface area contributed by atoms with Crippen molar-refractivity contribution in [3.05, 3.63) is 59.7 Å². The first kappa shape index (κ1) is 24.7. The number of nitrogens with one attached hydrogen (secondary N) is 1. The lowest BCUT2D eigenvalue weighted by atomic mass is 9.98. The Hall–Kier alpha value is -3.39. The topological polar surface area (TPSA) is 105 Å². The molecule has 1 saturated heterocycles. The average molecular weight is 481 g/mol. The number of amides is 2. The normalized spacial score (nSPS) is 18.7. The van der Waals surface area contributed by atoms with E-state index in [0.29, 0.717) is 13.0 Å². The molecule has 2 atom stereocenters. The number of alkyl carbamates (subject to hydrolysis) is 1. The molecular weight excluding hydrogens is 448 g/mol. The van der Waals surface area contributed by atoms with Gasteiger partial charge in [0, 0.05) is 24.9 Å². The van der Waals surface area contributed by atoms with E-state index in [1.807, 2.05) is 38.1 Å². The van der Waals surface area contributed by atoms with Crippen LogP contribution in [0, 0.1) is 5.92 Å². The first-order valence-corrected chi connectivity index (χ1v) is 12.1. The van der Waals surface area contributed by atoms with E-state index in [4.69, 9.17) is 14.6 Å². The molecule has 186 valence electrons. The van der Waals surface area contributed by atoms with Gasteiger partial charge in [-0.25, -0.2) is 4.79 Å². The standard InChI is InChI=1S/C27H32N2O6/c1-17(2)29(13-7-12-25(30)31)26(32)23-14-34-16-24(23)28-27(33)35-15-22-20-10-5-3-8-18(20)19-9-4-6-11-21(19)22/h3-6,8-11,17,22-24H,7,12-16H2,1-2H3,(H,28,33)(H,30,31). The minimum Gasteiger partial charge on any atom is -0.481 e. The van der Waals surface area contributed by atoms with E-state index in [1.54, 1.807) is 4.90 Å². The summed E-state index contributed by atoms with van der Waals surface area (Å²) < 4.78 is 11.2. The van der Waals surface area contributed by atoms with Gasteiger partial charge in [-0.05, 0) is 42.5 Å². The van der Waals surface area contributed by atoms with Crippen LogP contribution in [0.2, 0.25) is 0 Å². The van der Waals surface area contributed by atoms with Crippen LogP contribution in [-0.2, 0) is 19.1 Å². The number of benzene rings is 2. The Morgan fingerprint density at radius 2 is 1.69 bits per heavy atom. The number of nitrogens with zero attached hydrogens (tertiary/aromatic N) is 1. The maximum atomic E-state index is 13.2. The van der Waals surface area contributed by atoms with Crippen molar-refractivity contribution in [3.63, 3.8) is 0 Å². The van der Waals surface area contributed by atoms with Gasteiger partial charge in [-0.3, -0.25) is 9.59 Å². The van der Waals surface area contributed by atoms with Crippen molar-refractivity contribution in [1.29, 1.82) is 0 Å². The molecule has 0 spiro atoms. The summed E-state index contributed by atoms with van der Waals surface area (Å²) in [5.74, 6) is -1.62. The number of hydrogen-bond donors (Lipinski definition) is 2. The van der Waals surface area contributed by atoms with E-state index in [0.717, 1.165) is 22.3 Å². The molecule has 1 aliphatic carbocycles. The molecule has 8 nitrogen and oxygen atoms in total. The lowest BCUT2D eigenvalue weighted by Crippen LogP contribution is -2.49. The van der Waals surface area contributed by atoms with Crippen molar-refractivity contribution in [1.82, 2.24) is 10.2 Å². The molecule has 0 aromatic heterocycles. The van der Waals surface area contributed by atoms with Crippen LogP contribution in [0.5, 0.6) is 0 Å². The highest BCUT2D eigenvalue weighted by molar-refractivity contribution is 5.82. The van der Waals surface area contributed by atoms with Gasteiger partial charge in [-0.1, -0.05) is 48.5 Å². The van der Waals surface area contributed by atoms with E-state index < -0.39 is 24.0 Å². The molecule has 4 rings (SSSR count). The van der Waals surface area contributed by atoms with Crippen molar-refractivity contribution in [2.45, 2.75) is 44.7 Å². The Kier molecular flexibility index (Phi) is 7.70. The van der Waals surface area contributed by atoms with Crippen LogP contribution in [0.3, 0.4) is 0 Å². The summed E-state index contributed by atoms with van der Waals surface area (Å²) in [5, 5.41) is 11.7. The minimum atomic E-state index is -0.889. The van der Waals surface area contributed by atoms with E-state index in [9.17, 15) is 14.4 Å². The third-order valence-corrected chi connectivity index (χ3v) is 6.74. The van der Waals surface area contributed by atoms with Crippen LogP contribution < -0.4 is 5.32 Å². The van der Waals surface area contributed by atoms with Gasteiger partial charge in [0.1, 0.15) is 6.61 Å². The molecule has 2 aromatic rings. The lowest BCUT2D eigenvalue weighted by molar-refractivity contribution is -0.140. The third-order valence-electron chi connectivity index (χ3n) is 6.74. The van der Waals surface area contributed by atoms with Crippen LogP contribution in [0.15, 0.2) is 48.5 Å². The molecule has 0 radical (unpaired) electrons. The van der Waals surface area contributed by atoms with Gasteiger partial charge in [0.25, 0.3) is 0 Å². The summed E-state index contributed by atoms with van der Waals surface area (Å²) >= 11 is 0. The van der Waals surface area contributed by atoms with E-state index >= 15 is 0 Å². The smallest absolute Gasteiger partial charge is 0.407 e. The van der Waals surface area contributed by atoms with Crippen LogP contribution >= 0.6 is 0 Å². The number of hydrogen-bond acceptors (Lipinski definition) is 5. The summed E-state index contributed by atoms with van der Waals surface area (Å²) in [4.78, 5) is 38.4. The number of aliphatic carboxylic acids is 1. The minimum absolute atomic E-state index is 0.000898. The molecule has 1 heterocycles. The predicted molar refractivity (Wildman–Crippen MR) is 130 cm³/mol. The van der Waals surface area contributed by atoms with Crippen LogP contribution in [0.25, 0.3) is 11.1 Å². The summed E-state index contributed by atoms with van der Waals surface area (Å²) in [5.41, 5.74) is 4.58. The Morgan fingerprint density at radius 3 is 2.29 bits per heavy atom. The molecule has 1 fully saturated rings. The van der Waals surface area contributed by atoms with Gasteiger partial charge in [0.05, 0.1) is 25.2 Å². The molecule has 2 aromatic carbocycles. The van der Waals surface area contributed by atoms with E-state index in [-0.39, 0.29) is 44.1 Å². The van der Waals surface area contributed by atoms with Crippen molar-refractivity contribution in [2.75, 3.05) is 26.4 Å². The lowest BCUT2D eigenvalue weighted by Gasteiger charge is -2.31. The average Bonchev–Trinajstić information content (AvgIpc) is 3.42. The van der Waals surface area contributed by atoms with Gasteiger partial charge in [0.2, 0.25) is 5.91 Å². The Balaban J connectivity index is 1.36.